The van der Waals surface area contributed by atoms with Crippen LogP contribution in [0, 0.1) is 6.92 Å². The monoisotopic (exact) mass is 293 g/mol. The van der Waals surface area contributed by atoms with E-state index in [9.17, 15) is 5.11 Å². The van der Waals surface area contributed by atoms with Crippen LogP contribution in [0.2, 0.25) is 0 Å². The quantitative estimate of drug-likeness (QED) is 0.817. The molecule has 1 heterocycles. The first kappa shape index (κ1) is 15.7. The molecule has 0 atom stereocenters. The van der Waals surface area contributed by atoms with Gasteiger partial charge in [0.15, 0.2) is 6.29 Å². The molecule has 1 aromatic rings. The maximum atomic E-state index is 10.3. The van der Waals surface area contributed by atoms with E-state index in [1.165, 1.54) is 0 Å². The highest BCUT2D eigenvalue weighted by atomic mass is 16.7. The molecule has 5 heteroatoms. The van der Waals surface area contributed by atoms with Gasteiger partial charge >= 0.3 is 0 Å². The Balaban J connectivity index is 2.26. The highest BCUT2D eigenvalue weighted by molar-refractivity contribution is 5.72. The van der Waals surface area contributed by atoms with Crippen molar-refractivity contribution in [2.75, 3.05) is 32.2 Å². The van der Waals surface area contributed by atoms with Gasteiger partial charge in [0, 0.05) is 18.2 Å². The summed E-state index contributed by atoms with van der Waals surface area (Å²) in [6, 6.07) is 1.85. The summed E-state index contributed by atoms with van der Waals surface area (Å²) in [6.45, 7) is 5.71. The van der Waals surface area contributed by atoms with E-state index in [4.69, 9.17) is 14.2 Å². The number of anilines is 1. The standard InChI is InChI=1S/C16H23NO4/c1-4-19-16-11(2)15(18)12(10-13(16)17-3)6-7-14-20-8-5-9-21-14/h6-7,10,14,17-18H,4-5,8-9H2,1-3H3/b7-6+. The summed E-state index contributed by atoms with van der Waals surface area (Å²) in [4.78, 5) is 0. The number of ether oxygens (including phenoxy) is 3. The van der Waals surface area contributed by atoms with Gasteiger partial charge in [-0.05, 0) is 32.4 Å². The zero-order valence-corrected chi connectivity index (χ0v) is 12.8. The summed E-state index contributed by atoms with van der Waals surface area (Å²) in [5.41, 5.74) is 2.27. The second kappa shape index (κ2) is 7.33. The van der Waals surface area contributed by atoms with Crippen molar-refractivity contribution in [1.82, 2.24) is 0 Å². The van der Waals surface area contributed by atoms with Gasteiger partial charge in [0.1, 0.15) is 11.5 Å². The number of hydrogen-bond donors (Lipinski definition) is 2. The van der Waals surface area contributed by atoms with Gasteiger partial charge in [-0.1, -0.05) is 6.08 Å². The zero-order chi connectivity index (χ0) is 15.2. The van der Waals surface area contributed by atoms with Crippen LogP contribution < -0.4 is 10.1 Å². The summed E-state index contributed by atoms with van der Waals surface area (Å²) < 4.78 is 16.5. The van der Waals surface area contributed by atoms with Gasteiger partial charge in [-0.3, -0.25) is 0 Å². The lowest BCUT2D eigenvalue weighted by atomic mass is 10.1. The Kier molecular flexibility index (Phi) is 5.47. The molecule has 1 aromatic carbocycles. The predicted molar refractivity (Wildman–Crippen MR) is 82.9 cm³/mol. The van der Waals surface area contributed by atoms with Crippen LogP contribution >= 0.6 is 0 Å². The third-order valence-electron chi connectivity index (χ3n) is 3.36. The van der Waals surface area contributed by atoms with Gasteiger partial charge in [0.05, 0.1) is 25.5 Å². The molecule has 0 aromatic heterocycles. The minimum atomic E-state index is -0.344. The molecule has 1 fully saturated rings. The van der Waals surface area contributed by atoms with Gasteiger partial charge < -0.3 is 24.6 Å². The van der Waals surface area contributed by atoms with Gasteiger partial charge in [-0.15, -0.1) is 0 Å². The van der Waals surface area contributed by atoms with E-state index in [0.717, 1.165) is 12.1 Å². The van der Waals surface area contributed by atoms with Gasteiger partial charge in [0.25, 0.3) is 0 Å². The Bertz CT molecular complexity index is 507. The highest BCUT2D eigenvalue weighted by Gasteiger charge is 2.15. The van der Waals surface area contributed by atoms with Crippen molar-refractivity contribution in [2.45, 2.75) is 26.6 Å². The van der Waals surface area contributed by atoms with Gasteiger partial charge in [-0.2, -0.15) is 0 Å². The van der Waals surface area contributed by atoms with E-state index in [1.807, 2.05) is 39.1 Å². The molecule has 1 saturated heterocycles. The predicted octanol–water partition coefficient (Wildman–Crippen LogP) is 2.92. The van der Waals surface area contributed by atoms with E-state index in [1.54, 1.807) is 0 Å². The average molecular weight is 293 g/mol. The maximum Gasteiger partial charge on any atom is 0.177 e. The molecular weight excluding hydrogens is 270 g/mol. The number of phenols is 1. The highest BCUT2D eigenvalue weighted by Crippen LogP contribution is 2.38. The van der Waals surface area contributed by atoms with E-state index < -0.39 is 0 Å². The van der Waals surface area contributed by atoms with Crippen molar-refractivity contribution >= 4 is 11.8 Å². The molecule has 0 saturated carbocycles. The zero-order valence-electron chi connectivity index (χ0n) is 12.8. The summed E-state index contributed by atoms with van der Waals surface area (Å²) in [5, 5.41) is 13.4. The lowest BCUT2D eigenvalue weighted by molar-refractivity contribution is -0.149. The van der Waals surface area contributed by atoms with E-state index in [-0.39, 0.29) is 12.0 Å². The molecule has 0 bridgehead atoms. The smallest absolute Gasteiger partial charge is 0.177 e. The number of nitrogens with one attached hydrogen (secondary N) is 1. The van der Waals surface area contributed by atoms with Crippen LogP contribution in [-0.2, 0) is 9.47 Å². The molecule has 21 heavy (non-hydrogen) atoms. The van der Waals surface area contributed by atoms with Crippen molar-refractivity contribution < 1.29 is 19.3 Å². The SMILES string of the molecule is CCOc1c(NC)cc(/C=C/C2OCCCO2)c(O)c1C. The maximum absolute atomic E-state index is 10.3. The molecule has 0 radical (unpaired) electrons. The Morgan fingerprint density at radius 3 is 2.76 bits per heavy atom. The Morgan fingerprint density at radius 1 is 1.43 bits per heavy atom. The van der Waals surface area contributed by atoms with Gasteiger partial charge in [0.2, 0.25) is 0 Å². The molecule has 2 rings (SSSR count). The van der Waals surface area contributed by atoms with Crippen molar-refractivity contribution in [3.63, 3.8) is 0 Å². The van der Waals surface area contributed by atoms with Crippen LogP contribution in [-0.4, -0.2) is 38.3 Å². The lowest BCUT2D eigenvalue weighted by Crippen LogP contribution is -2.22. The average Bonchev–Trinajstić information content (AvgIpc) is 2.52. The number of benzene rings is 1. The Labute approximate surface area is 125 Å². The lowest BCUT2D eigenvalue weighted by Gasteiger charge is -2.20. The first-order chi connectivity index (χ1) is 10.2. The Hall–Kier alpha value is -1.72. The van der Waals surface area contributed by atoms with Crippen LogP contribution in [0.4, 0.5) is 5.69 Å². The van der Waals surface area contributed by atoms with Crippen molar-refractivity contribution in [1.29, 1.82) is 0 Å². The van der Waals surface area contributed by atoms with Crippen molar-refractivity contribution in [3.05, 3.63) is 23.3 Å². The fourth-order valence-electron chi connectivity index (χ4n) is 2.26. The van der Waals surface area contributed by atoms with E-state index in [0.29, 0.717) is 36.7 Å². The van der Waals surface area contributed by atoms with Crippen molar-refractivity contribution in [2.24, 2.45) is 0 Å². The first-order valence-corrected chi connectivity index (χ1v) is 7.25. The third-order valence-corrected chi connectivity index (χ3v) is 3.36. The van der Waals surface area contributed by atoms with Crippen LogP contribution in [0.25, 0.3) is 6.08 Å². The normalized spacial score (nSPS) is 16.3. The molecule has 2 N–H and O–H groups in total. The minimum Gasteiger partial charge on any atom is -0.507 e. The summed E-state index contributed by atoms with van der Waals surface area (Å²) in [5.74, 6) is 0.893. The second-order valence-corrected chi connectivity index (χ2v) is 4.82. The van der Waals surface area contributed by atoms with Crippen LogP contribution in [0.3, 0.4) is 0 Å². The molecule has 1 aliphatic rings. The summed E-state index contributed by atoms with van der Waals surface area (Å²) >= 11 is 0. The summed E-state index contributed by atoms with van der Waals surface area (Å²) in [6.07, 6.45) is 4.20. The molecular formula is C16H23NO4. The molecule has 1 aliphatic heterocycles. The molecule has 0 spiro atoms. The number of aromatic hydroxyl groups is 1. The van der Waals surface area contributed by atoms with E-state index in [2.05, 4.69) is 5.32 Å². The number of phenolic OH excluding ortho intramolecular Hbond substituents is 1. The second-order valence-electron chi connectivity index (χ2n) is 4.82. The third kappa shape index (κ3) is 3.68. The molecule has 116 valence electrons. The fraction of sp³-hybridized carbons (Fsp3) is 0.500. The molecule has 5 nitrogen and oxygen atoms in total. The molecule has 0 aliphatic carbocycles. The van der Waals surface area contributed by atoms with E-state index >= 15 is 0 Å². The number of hydrogen-bond acceptors (Lipinski definition) is 5. The van der Waals surface area contributed by atoms with Crippen molar-refractivity contribution in [3.8, 4) is 11.5 Å². The topological polar surface area (TPSA) is 60.0 Å². The summed E-state index contributed by atoms with van der Waals surface area (Å²) in [7, 11) is 1.83. The minimum absolute atomic E-state index is 0.213. The molecule has 0 unspecified atom stereocenters. The Morgan fingerprint density at radius 2 is 2.14 bits per heavy atom. The molecule has 0 amide bonds. The largest absolute Gasteiger partial charge is 0.507 e. The van der Waals surface area contributed by atoms with Crippen LogP contribution in [0.5, 0.6) is 11.5 Å². The number of rotatable bonds is 5. The van der Waals surface area contributed by atoms with Gasteiger partial charge in [-0.25, -0.2) is 0 Å². The fourth-order valence-corrected chi connectivity index (χ4v) is 2.26. The van der Waals surface area contributed by atoms with Crippen LogP contribution in [0.15, 0.2) is 12.1 Å². The first-order valence-electron chi connectivity index (χ1n) is 7.25. The van der Waals surface area contributed by atoms with Crippen LogP contribution in [0.1, 0.15) is 24.5 Å².